The van der Waals surface area contributed by atoms with Crippen LogP contribution in [0.1, 0.15) is 0 Å². The van der Waals surface area contributed by atoms with Gasteiger partial charge in [0, 0.05) is 6.20 Å². The molecule has 2 nitrogen and oxygen atoms in total. The van der Waals surface area contributed by atoms with Crippen LogP contribution in [0.25, 0.3) is 0 Å². The smallest absolute Gasteiger partial charge is 0.224 e. The fourth-order valence-corrected chi connectivity index (χ4v) is 1.55. The van der Waals surface area contributed by atoms with Gasteiger partial charge < -0.3 is 0 Å². The van der Waals surface area contributed by atoms with Gasteiger partial charge in [-0.05, 0) is 15.9 Å². The Morgan fingerprint density at radius 3 is 2.15 bits per heavy atom. The minimum atomic E-state index is -0.993. The SMILES string of the molecule is Clc1cnn(C(Cl)(Br)C(Br)(Br)Br)c1. The topological polar surface area (TPSA) is 17.8 Å². The second kappa shape index (κ2) is 4.29. The van der Waals surface area contributed by atoms with E-state index in [4.69, 9.17) is 23.2 Å². The molecule has 0 saturated carbocycles. The van der Waals surface area contributed by atoms with E-state index in [1.165, 1.54) is 10.9 Å². The Balaban J connectivity index is 3.07. The van der Waals surface area contributed by atoms with Crippen molar-refractivity contribution in [3.8, 4) is 0 Å². The number of halogens is 6. The number of hydrogen-bond donors (Lipinski definition) is 0. The maximum atomic E-state index is 6.17. The molecule has 0 spiro atoms. The zero-order valence-electron chi connectivity index (χ0n) is 5.82. The molecule has 1 atom stereocenters. The lowest BCUT2D eigenvalue weighted by Gasteiger charge is -2.29. The predicted molar refractivity (Wildman–Crippen MR) is 69.5 cm³/mol. The summed E-state index contributed by atoms with van der Waals surface area (Å²) in [7, 11) is 0. The molecule has 0 aliphatic carbocycles. The molecule has 0 N–H and O–H groups in total. The third-order valence-corrected chi connectivity index (χ3v) is 6.79. The Labute approximate surface area is 119 Å². The standard InChI is InChI=1S/C5H2Br4Cl2N2/c6-4(7,8)5(9,11)13-2-3(10)1-12-13/h1-2H. The fraction of sp³-hybridized carbons (Fsp3) is 0.400. The molecule has 0 radical (unpaired) electrons. The van der Waals surface area contributed by atoms with Gasteiger partial charge in [0.2, 0.25) is 3.91 Å². The van der Waals surface area contributed by atoms with Crippen molar-refractivity contribution in [1.29, 1.82) is 0 Å². The molecule has 8 heteroatoms. The first kappa shape index (κ1) is 12.8. The highest BCUT2D eigenvalue weighted by atomic mass is 80.0. The van der Waals surface area contributed by atoms with Crippen molar-refractivity contribution in [2.24, 2.45) is 0 Å². The first-order valence-electron chi connectivity index (χ1n) is 2.90. The summed E-state index contributed by atoms with van der Waals surface area (Å²) in [5.41, 5.74) is 0. The Morgan fingerprint density at radius 1 is 1.31 bits per heavy atom. The molecule has 13 heavy (non-hydrogen) atoms. The van der Waals surface area contributed by atoms with E-state index in [1.807, 2.05) is 0 Å². The van der Waals surface area contributed by atoms with Gasteiger partial charge in [-0.3, -0.25) is 0 Å². The van der Waals surface area contributed by atoms with E-state index < -0.39 is 6.05 Å². The maximum Gasteiger partial charge on any atom is 0.224 e. The summed E-state index contributed by atoms with van der Waals surface area (Å²) in [5.74, 6) is 0. The van der Waals surface area contributed by atoms with Crippen molar-refractivity contribution >= 4 is 86.9 Å². The average Bonchev–Trinajstić information content (AvgIpc) is 2.33. The first-order chi connectivity index (χ1) is 5.75. The van der Waals surface area contributed by atoms with Crippen LogP contribution in [0, 0.1) is 0 Å². The number of hydrogen-bond acceptors (Lipinski definition) is 1. The Bertz CT molecular complexity index is 306. The Kier molecular flexibility index (Phi) is 4.22. The zero-order valence-corrected chi connectivity index (χ0v) is 13.7. The molecule has 0 aliphatic heterocycles. The van der Waals surface area contributed by atoms with Crippen molar-refractivity contribution in [1.82, 2.24) is 9.78 Å². The minimum absolute atomic E-state index is 0.515. The number of nitrogens with zero attached hydrogens (tertiary/aromatic N) is 2. The van der Waals surface area contributed by atoms with Crippen molar-refractivity contribution in [2.45, 2.75) is 6.05 Å². The summed E-state index contributed by atoms with van der Waals surface area (Å²) in [6.07, 6.45) is 3.10. The molecule has 1 rings (SSSR count). The predicted octanol–water partition coefficient (Wildman–Crippen LogP) is 4.62. The van der Waals surface area contributed by atoms with E-state index in [9.17, 15) is 0 Å². The molecule has 1 aromatic heterocycles. The van der Waals surface area contributed by atoms with Gasteiger partial charge in [-0.1, -0.05) is 71.0 Å². The van der Waals surface area contributed by atoms with Gasteiger partial charge in [0.1, 0.15) is 0 Å². The molecule has 0 aromatic carbocycles. The molecular weight excluding hydrogens is 479 g/mol. The van der Waals surface area contributed by atoms with Gasteiger partial charge in [-0.2, -0.15) is 5.10 Å². The monoisotopic (exact) mass is 476 g/mol. The van der Waals surface area contributed by atoms with Crippen LogP contribution >= 0.6 is 86.9 Å². The van der Waals surface area contributed by atoms with E-state index in [-0.39, 0.29) is 0 Å². The van der Waals surface area contributed by atoms with Crippen molar-refractivity contribution in [2.75, 3.05) is 0 Å². The molecule has 0 bridgehead atoms. The lowest BCUT2D eigenvalue weighted by atomic mass is 10.7. The highest BCUT2D eigenvalue weighted by molar-refractivity contribution is 9.40. The summed E-state index contributed by atoms with van der Waals surface area (Å²) in [6, 6.07) is 0. The summed E-state index contributed by atoms with van der Waals surface area (Å²) in [6.45, 7) is 0. The molecular formula is C5H2Br4Cl2N2. The van der Waals surface area contributed by atoms with E-state index in [1.54, 1.807) is 6.20 Å². The lowest BCUT2D eigenvalue weighted by Crippen LogP contribution is -2.33. The average molecular weight is 481 g/mol. The Morgan fingerprint density at radius 2 is 1.85 bits per heavy atom. The van der Waals surface area contributed by atoms with Crippen LogP contribution in [0.2, 0.25) is 5.02 Å². The van der Waals surface area contributed by atoms with Crippen molar-refractivity contribution in [3.63, 3.8) is 0 Å². The van der Waals surface area contributed by atoms with Gasteiger partial charge >= 0.3 is 0 Å². The van der Waals surface area contributed by atoms with E-state index >= 15 is 0 Å². The number of alkyl halides is 5. The molecule has 74 valence electrons. The highest BCUT2D eigenvalue weighted by Crippen LogP contribution is 2.54. The summed E-state index contributed by atoms with van der Waals surface area (Å²) >= 11 is 25.1. The van der Waals surface area contributed by atoms with Crippen LogP contribution < -0.4 is 0 Å². The molecule has 0 saturated heterocycles. The minimum Gasteiger partial charge on any atom is -0.236 e. The summed E-state index contributed by atoms with van der Waals surface area (Å²) in [5, 5.41) is 4.48. The Hall–Kier alpha value is 1.71. The molecule has 1 unspecified atom stereocenters. The van der Waals surface area contributed by atoms with Crippen LogP contribution in [0.15, 0.2) is 12.4 Å². The maximum absolute atomic E-state index is 6.17. The summed E-state index contributed by atoms with van der Waals surface area (Å²) < 4.78 is -0.251. The van der Waals surface area contributed by atoms with Crippen LogP contribution in [0.5, 0.6) is 0 Å². The van der Waals surface area contributed by atoms with Crippen LogP contribution in [-0.4, -0.2) is 11.9 Å². The quantitative estimate of drug-likeness (QED) is 0.537. The zero-order chi connectivity index (χ0) is 10.3. The normalized spacial score (nSPS) is 17.1. The number of rotatable bonds is 1. The molecule has 0 fully saturated rings. The van der Waals surface area contributed by atoms with Crippen LogP contribution in [-0.2, 0) is 3.91 Å². The third kappa shape index (κ3) is 2.84. The molecule has 0 amide bonds. The van der Waals surface area contributed by atoms with Gasteiger partial charge in [-0.15, -0.1) is 0 Å². The highest BCUT2D eigenvalue weighted by Gasteiger charge is 2.46. The third-order valence-electron chi connectivity index (χ3n) is 1.18. The lowest BCUT2D eigenvalue weighted by molar-refractivity contribution is 0.584. The second-order valence-electron chi connectivity index (χ2n) is 2.14. The van der Waals surface area contributed by atoms with Gasteiger partial charge in [0.25, 0.3) is 0 Å². The largest absolute Gasteiger partial charge is 0.236 e. The van der Waals surface area contributed by atoms with E-state index in [0.717, 1.165) is 0 Å². The first-order valence-corrected chi connectivity index (χ1v) is 6.83. The number of aromatic nitrogens is 2. The van der Waals surface area contributed by atoms with Crippen LogP contribution in [0.3, 0.4) is 0 Å². The summed E-state index contributed by atoms with van der Waals surface area (Å²) in [4.78, 5) is 0. The van der Waals surface area contributed by atoms with Crippen LogP contribution in [0.4, 0.5) is 0 Å². The van der Waals surface area contributed by atoms with Crippen molar-refractivity contribution in [3.05, 3.63) is 17.4 Å². The van der Waals surface area contributed by atoms with Gasteiger partial charge in [-0.25, -0.2) is 4.68 Å². The molecule has 1 heterocycles. The fourth-order valence-electron chi connectivity index (χ4n) is 0.584. The van der Waals surface area contributed by atoms with E-state index in [2.05, 4.69) is 68.8 Å². The van der Waals surface area contributed by atoms with Gasteiger partial charge in [0.05, 0.1) is 11.2 Å². The molecule has 1 aromatic rings. The molecule has 0 aliphatic rings. The second-order valence-corrected chi connectivity index (χ2v) is 11.5. The van der Waals surface area contributed by atoms with Crippen molar-refractivity contribution < 1.29 is 0 Å². The van der Waals surface area contributed by atoms with Gasteiger partial charge in [0.15, 0.2) is 2.14 Å². The van der Waals surface area contributed by atoms with E-state index in [0.29, 0.717) is 5.02 Å².